The van der Waals surface area contributed by atoms with Crippen molar-refractivity contribution in [1.82, 2.24) is 0 Å². The normalized spacial score (nSPS) is 10.4. The van der Waals surface area contributed by atoms with Gasteiger partial charge in [-0.1, -0.05) is 71.7 Å². The van der Waals surface area contributed by atoms with E-state index < -0.39 is 6.09 Å². The summed E-state index contributed by atoms with van der Waals surface area (Å²) in [4.78, 5) is 12.1. The van der Waals surface area contributed by atoms with Gasteiger partial charge in [0.1, 0.15) is 0 Å². The van der Waals surface area contributed by atoms with E-state index in [0.29, 0.717) is 15.7 Å². The number of hydrogen-bond donors (Lipinski definition) is 1. The molecule has 3 aromatic carbocycles. The van der Waals surface area contributed by atoms with Crippen LogP contribution >= 0.6 is 23.2 Å². The number of carbonyl (C=O) groups excluding carboxylic acids is 1. The number of carbonyl (C=O) groups is 1. The zero-order valence-electron chi connectivity index (χ0n) is 13.4. The molecule has 0 radical (unpaired) electrons. The standard InChI is InChI=1S/C20H15Cl2NO2/c1-13-6-5-9-16(21)19(13)23-20(24)25-18-11-10-15(12-17(18)22)14-7-3-2-4-8-14/h2-12H,1H3,(H,23,24). The van der Waals surface area contributed by atoms with Crippen molar-refractivity contribution in [2.45, 2.75) is 6.92 Å². The summed E-state index contributed by atoms with van der Waals surface area (Å²) < 4.78 is 5.31. The molecule has 0 aliphatic rings. The third-order valence-electron chi connectivity index (χ3n) is 3.69. The smallest absolute Gasteiger partial charge is 0.409 e. The third-order valence-corrected chi connectivity index (χ3v) is 4.30. The van der Waals surface area contributed by atoms with Crippen molar-refractivity contribution in [2.75, 3.05) is 5.32 Å². The van der Waals surface area contributed by atoms with Crippen molar-refractivity contribution in [3.8, 4) is 16.9 Å². The molecule has 0 saturated carbocycles. The van der Waals surface area contributed by atoms with E-state index >= 15 is 0 Å². The van der Waals surface area contributed by atoms with E-state index in [2.05, 4.69) is 5.32 Å². The zero-order chi connectivity index (χ0) is 17.8. The summed E-state index contributed by atoms with van der Waals surface area (Å²) in [6.45, 7) is 1.85. The van der Waals surface area contributed by atoms with Crippen LogP contribution in [0.2, 0.25) is 10.0 Å². The number of hydrogen-bond acceptors (Lipinski definition) is 2. The van der Waals surface area contributed by atoms with Crippen molar-refractivity contribution in [3.63, 3.8) is 0 Å². The highest BCUT2D eigenvalue weighted by Gasteiger charge is 2.12. The first-order valence-corrected chi connectivity index (χ1v) is 8.39. The molecule has 0 atom stereocenters. The van der Waals surface area contributed by atoms with E-state index in [9.17, 15) is 4.79 Å². The fraction of sp³-hybridized carbons (Fsp3) is 0.0500. The van der Waals surface area contributed by atoms with Crippen LogP contribution in [0.25, 0.3) is 11.1 Å². The second kappa shape index (κ2) is 7.60. The summed E-state index contributed by atoms with van der Waals surface area (Å²) in [5, 5.41) is 3.45. The maximum atomic E-state index is 12.1. The number of nitrogens with one attached hydrogen (secondary N) is 1. The van der Waals surface area contributed by atoms with E-state index in [4.69, 9.17) is 27.9 Å². The lowest BCUT2D eigenvalue weighted by atomic mass is 10.1. The van der Waals surface area contributed by atoms with Gasteiger partial charge >= 0.3 is 6.09 Å². The number of ether oxygens (including phenoxy) is 1. The molecule has 25 heavy (non-hydrogen) atoms. The molecule has 0 fully saturated rings. The summed E-state index contributed by atoms with van der Waals surface area (Å²) >= 11 is 12.4. The van der Waals surface area contributed by atoms with E-state index in [-0.39, 0.29) is 5.75 Å². The number of benzene rings is 3. The van der Waals surface area contributed by atoms with E-state index in [1.54, 1.807) is 18.2 Å². The quantitative estimate of drug-likeness (QED) is 0.564. The highest BCUT2D eigenvalue weighted by molar-refractivity contribution is 6.34. The lowest BCUT2D eigenvalue weighted by molar-refractivity contribution is 0.215. The monoisotopic (exact) mass is 371 g/mol. The van der Waals surface area contributed by atoms with Crippen molar-refractivity contribution in [2.24, 2.45) is 0 Å². The van der Waals surface area contributed by atoms with E-state index in [1.807, 2.05) is 55.5 Å². The first-order valence-electron chi connectivity index (χ1n) is 7.63. The molecule has 3 rings (SSSR count). The molecular weight excluding hydrogens is 357 g/mol. The van der Waals surface area contributed by atoms with Gasteiger partial charge in [-0.05, 0) is 41.8 Å². The second-order valence-electron chi connectivity index (χ2n) is 5.46. The maximum Gasteiger partial charge on any atom is 0.417 e. The van der Waals surface area contributed by atoms with Gasteiger partial charge in [0.05, 0.1) is 15.7 Å². The highest BCUT2D eigenvalue weighted by Crippen LogP contribution is 2.31. The Kier molecular flexibility index (Phi) is 5.27. The van der Waals surface area contributed by atoms with Gasteiger partial charge in [0.2, 0.25) is 0 Å². The van der Waals surface area contributed by atoms with Crippen LogP contribution in [0.15, 0.2) is 66.7 Å². The topological polar surface area (TPSA) is 38.3 Å². The lowest BCUT2D eigenvalue weighted by Gasteiger charge is -2.12. The summed E-state index contributed by atoms with van der Waals surface area (Å²) in [6, 6.07) is 20.5. The summed E-state index contributed by atoms with van der Waals surface area (Å²) in [7, 11) is 0. The molecule has 0 bridgehead atoms. The molecule has 3 aromatic rings. The molecule has 0 aromatic heterocycles. The van der Waals surface area contributed by atoms with Crippen LogP contribution in [-0.4, -0.2) is 6.09 Å². The molecule has 0 spiro atoms. The molecule has 1 N–H and O–H groups in total. The Bertz CT molecular complexity index is 891. The van der Waals surface area contributed by atoms with Gasteiger partial charge < -0.3 is 4.74 Å². The maximum absolute atomic E-state index is 12.1. The minimum absolute atomic E-state index is 0.281. The van der Waals surface area contributed by atoms with Crippen molar-refractivity contribution in [1.29, 1.82) is 0 Å². The number of aryl methyl sites for hydroxylation is 1. The number of para-hydroxylation sites is 1. The molecule has 0 aliphatic heterocycles. The Morgan fingerprint density at radius 1 is 0.880 bits per heavy atom. The minimum Gasteiger partial charge on any atom is -0.409 e. The minimum atomic E-state index is -0.648. The number of rotatable bonds is 3. The molecule has 3 nitrogen and oxygen atoms in total. The number of halogens is 2. The number of anilines is 1. The van der Waals surface area contributed by atoms with Crippen molar-refractivity contribution < 1.29 is 9.53 Å². The third kappa shape index (κ3) is 4.13. The van der Waals surface area contributed by atoms with Gasteiger partial charge in [-0.2, -0.15) is 0 Å². The predicted molar refractivity (Wildman–Crippen MR) is 103 cm³/mol. The molecule has 126 valence electrons. The Hall–Kier alpha value is -2.49. The SMILES string of the molecule is Cc1cccc(Cl)c1NC(=O)Oc1ccc(-c2ccccc2)cc1Cl. The summed E-state index contributed by atoms with van der Waals surface area (Å²) in [5.74, 6) is 0.281. The summed E-state index contributed by atoms with van der Waals surface area (Å²) in [6.07, 6.45) is -0.648. The van der Waals surface area contributed by atoms with Crippen LogP contribution in [0.5, 0.6) is 5.75 Å². The van der Waals surface area contributed by atoms with Gasteiger partial charge in [-0.25, -0.2) is 4.79 Å². The molecule has 0 unspecified atom stereocenters. The average Bonchev–Trinajstić information content (AvgIpc) is 2.61. The van der Waals surface area contributed by atoms with E-state index in [1.165, 1.54) is 0 Å². The predicted octanol–water partition coefficient (Wildman–Crippen LogP) is 6.58. The van der Waals surface area contributed by atoms with Crippen LogP contribution in [0.4, 0.5) is 10.5 Å². The Labute approximate surface area is 156 Å². The zero-order valence-corrected chi connectivity index (χ0v) is 14.9. The van der Waals surface area contributed by atoms with Gasteiger partial charge in [-0.3, -0.25) is 5.32 Å². The van der Waals surface area contributed by atoms with Crippen LogP contribution in [0.3, 0.4) is 0 Å². The Morgan fingerprint density at radius 2 is 1.64 bits per heavy atom. The lowest BCUT2D eigenvalue weighted by Crippen LogP contribution is -2.17. The molecule has 0 heterocycles. The van der Waals surface area contributed by atoms with Crippen LogP contribution in [0.1, 0.15) is 5.56 Å². The number of amides is 1. The van der Waals surface area contributed by atoms with Gasteiger partial charge in [-0.15, -0.1) is 0 Å². The van der Waals surface area contributed by atoms with Crippen molar-refractivity contribution >= 4 is 35.0 Å². The second-order valence-corrected chi connectivity index (χ2v) is 6.27. The van der Waals surface area contributed by atoms with Crippen LogP contribution in [0, 0.1) is 6.92 Å². The largest absolute Gasteiger partial charge is 0.417 e. The fourth-order valence-corrected chi connectivity index (χ4v) is 2.90. The van der Waals surface area contributed by atoms with E-state index in [0.717, 1.165) is 16.7 Å². The van der Waals surface area contributed by atoms with Gasteiger partial charge in [0, 0.05) is 0 Å². The first-order chi connectivity index (χ1) is 12.0. The van der Waals surface area contributed by atoms with Crippen LogP contribution in [-0.2, 0) is 0 Å². The average molecular weight is 372 g/mol. The van der Waals surface area contributed by atoms with Crippen molar-refractivity contribution in [3.05, 3.63) is 82.3 Å². The molecule has 5 heteroatoms. The Balaban J connectivity index is 1.76. The highest BCUT2D eigenvalue weighted by atomic mass is 35.5. The molecular formula is C20H15Cl2NO2. The van der Waals surface area contributed by atoms with Gasteiger partial charge in [0.25, 0.3) is 0 Å². The molecule has 0 aliphatic carbocycles. The van der Waals surface area contributed by atoms with Crippen LogP contribution < -0.4 is 10.1 Å². The summed E-state index contributed by atoms with van der Waals surface area (Å²) in [5.41, 5.74) is 3.34. The molecule has 1 amide bonds. The fourth-order valence-electron chi connectivity index (χ4n) is 2.41. The van der Waals surface area contributed by atoms with Gasteiger partial charge in [0.15, 0.2) is 5.75 Å². The first kappa shape index (κ1) is 17.3. The molecule has 0 saturated heterocycles. The Morgan fingerprint density at radius 3 is 2.32 bits per heavy atom.